The van der Waals surface area contributed by atoms with E-state index in [1.807, 2.05) is 0 Å². The number of amides is 1. The Kier molecular flexibility index (Phi) is 4.66. The number of aliphatic hydroxyl groups is 1. The van der Waals surface area contributed by atoms with Crippen molar-refractivity contribution in [3.05, 3.63) is 42.2 Å². The van der Waals surface area contributed by atoms with Crippen molar-refractivity contribution in [1.29, 1.82) is 0 Å². The van der Waals surface area contributed by atoms with Gasteiger partial charge in [0.25, 0.3) is 5.91 Å². The summed E-state index contributed by atoms with van der Waals surface area (Å²) in [5.41, 5.74) is 5.42. The van der Waals surface area contributed by atoms with Gasteiger partial charge in [0.05, 0.1) is 17.9 Å². The molecule has 1 aromatic carbocycles. The monoisotopic (exact) mass is 238 g/mol. The van der Waals surface area contributed by atoms with Gasteiger partial charge < -0.3 is 15.7 Å². The largest absolute Gasteiger partial charge is 0.396 e. The fraction of sp³-hybridized carbons (Fsp3) is 0.250. The number of nitrogens with zero attached hydrogens (tertiary/aromatic N) is 1. The zero-order chi connectivity index (χ0) is 12.8. The molecule has 0 aromatic heterocycles. The number of nitrogens with two attached hydrogens (primary N) is 1. The van der Waals surface area contributed by atoms with Crippen molar-refractivity contribution in [2.75, 3.05) is 25.4 Å². The van der Waals surface area contributed by atoms with Crippen LogP contribution in [0.2, 0.25) is 0 Å². The summed E-state index contributed by atoms with van der Waals surface area (Å²) in [6.07, 6.45) is 1.53. The van der Waals surface area contributed by atoms with Crippen LogP contribution in [0.3, 0.4) is 0 Å². The average molecular weight is 238 g/mol. The molecule has 0 atom stereocenters. The van der Waals surface area contributed by atoms with Gasteiger partial charge in [-0.2, -0.15) is 0 Å². The smallest absolute Gasteiger partial charge is 0.256 e. The van der Waals surface area contributed by atoms with Crippen molar-refractivity contribution >= 4 is 11.6 Å². The van der Waals surface area contributed by atoms with Crippen LogP contribution in [0.15, 0.2) is 30.9 Å². The van der Waals surface area contributed by atoms with E-state index in [9.17, 15) is 9.18 Å². The van der Waals surface area contributed by atoms with Crippen LogP contribution in [0.25, 0.3) is 0 Å². The Morgan fingerprint density at radius 1 is 1.59 bits per heavy atom. The highest BCUT2D eigenvalue weighted by atomic mass is 19.1. The number of benzene rings is 1. The molecular formula is C12H15FN2O2. The predicted octanol–water partition coefficient (Wildman–Crippen LogP) is 1.03. The van der Waals surface area contributed by atoms with Crippen LogP contribution in [0.1, 0.15) is 10.4 Å². The molecule has 1 amide bonds. The van der Waals surface area contributed by atoms with Gasteiger partial charge in [-0.1, -0.05) is 12.1 Å². The number of carbonyl (C=O) groups excluding carboxylic acids is 1. The molecule has 1 aromatic rings. The molecule has 0 unspecified atom stereocenters. The maximum absolute atomic E-state index is 13.2. The zero-order valence-corrected chi connectivity index (χ0v) is 9.40. The first kappa shape index (κ1) is 13.2. The number of nitrogen functional groups attached to an aromatic ring is 1. The van der Waals surface area contributed by atoms with Crippen molar-refractivity contribution in [3.63, 3.8) is 0 Å². The fourth-order valence-electron chi connectivity index (χ4n) is 1.45. The van der Waals surface area contributed by atoms with Crippen molar-refractivity contribution in [2.45, 2.75) is 0 Å². The summed E-state index contributed by atoms with van der Waals surface area (Å²) < 4.78 is 13.2. The van der Waals surface area contributed by atoms with Crippen molar-refractivity contribution in [3.8, 4) is 0 Å². The standard InChI is InChI=1S/C12H15FN2O2/c1-2-6-15(7-8-16)12(17)9-4-3-5-10(13)11(9)14/h2-5,16H,1,6-8,14H2. The maximum atomic E-state index is 13.2. The van der Waals surface area contributed by atoms with Gasteiger partial charge in [0.1, 0.15) is 5.82 Å². The third-order valence-electron chi connectivity index (χ3n) is 2.29. The first-order valence-electron chi connectivity index (χ1n) is 5.16. The topological polar surface area (TPSA) is 66.6 Å². The summed E-state index contributed by atoms with van der Waals surface area (Å²) in [5, 5.41) is 8.85. The number of rotatable bonds is 5. The van der Waals surface area contributed by atoms with E-state index in [0.717, 1.165) is 0 Å². The van der Waals surface area contributed by atoms with E-state index in [0.29, 0.717) is 0 Å². The lowest BCUT2D eigenvalue weighted by molar-refractivity contribution is 0.0743. The van der Waals surface area contributed by atoms with Gasteiger partial charge in [0, 0.05) is 13.1 Å². The van der Waals surface area contributed by atoms with Crippen molar-refractivity contribution in [1.82, 2.24) is 4.90 Å². The SMILES string of the molecule is C=CCN(CCO)C(=O)c1cccc(F)c1N. The number of para-hydroxylation sites is 1. The third-order valence-corrected chi connectivity index (χ3v) is 2.29. The molecule has 3 N–H and O–H groups in total. The van der Waals surface area contributed by atoms with Gasteiger partial charge in [0.2, 0.25) is 0 Å². The average Bonchev–Trinajstić information content (AvgIpc) is 2.31. The van der Waals surface area contributed by atoms with Crippen LogP contribution in [-0.2, 0) is 0 Å². The minimum Gasteiger partial charge on any atom is -0.396 e. The summed E-state index contributed by atoms with van der Waals surface area (Å²) in [7, 11) is 0. The molecule has 0 radical (unpaired) electrons. The Hall–Kier alpha value is -1.88. The number of anilines is 1. The van der Waals surface area contributed by atoms with E-state index in [2.05, 4.69) is 6.58 Å². The van der Waals surface area contributed by atoms with E-state index in [-0.39, 0.29) is 30.9 Å². The molecule has 92 valence electrons. The molecule has 0 aliphatic rings. The number of aliphatic hydroxyl groups excluding tert-OH is 1. The lowest BCUT2D eigenvalue weighted by Crippen LogP contribution is -2.34. The third kappa shape index (κ3) is 3.04. The lowest BCUT2D eigenvalue weighted by atomic mass is 10.1. The molecule has 0 saturated carbocycles. The second-order valence-corrected chi connectivity index (χ2v) is 3.46. The molecule has 0 heterocycles. The molecule has 0 aliphatic carbocycles. The van der Waals surface area contributed by atoms with Crippen LogP contribution in [-0.4, -0.2) is 35.6 Å². The van der Waals surface area contributed by atoms with Gasteiger partial charge in [-0.05, 0) is 12.1 Å². The Morgan fingerprint density at radius 2 is 2.29 bits per heavy atom. The van der Waals surface area contributed by atoms with Crippen molar-refractivity contribution in [2.24, 2.45) is 0 Å². The van der Waals surface area contributed by atoms with E-state index >= 15 is 0 Å². The summed E-state index contributed by atoms with van der Waals surface area (Å²) in [5.74, 6) is -1.05. The van der Waals surface area contributed by atoms with Crippen LogP contribution in [0.5, 0.6) is 0 Å². The highest BCUT2D eigenvalue weighted by Gasteiger charge is 2.18. The van der Waals surface area contributed by atoms with E-state index < -0.39 is 11.7 Å². The highest BCUT2D eigenvalue weighted by molar-refractivity contribution is 5.99. The van der Waals surface area contributed by atoms with Crippen molar-refractivity contribution < 1.29 is 14.3 Å². The molecule has 0 saturated heterocycles. The Balaban J connectivity index is 3.00. The van der Waals surface area contributed by atoms with Crippen LogP contribution >= 0.6 is 0 Å². The first-order valence-corrected chi connectivity index (χ1v) is 5.16. The summed E-state index contributed by atoms with van der Waals surface area (Å²) in [6.45, 7) is 3.77. The van der Waals surface area contributed by atoms with Gasteiger partial charge in [-0.3, -0.25) is 4.79 Å². The summed E-state index contributed by atoms with van der Waals surface area (Å²) in [6, 6.07) is 4.06. The summed E-state index contributed by atoms with van der Waals surface area (Å²) >= 11 is 0. The van der Waals surface area contributed by atoms with E-state index in [1.54, 1.807) is 0 Å². The van der Waals surface area contributed by atoms with Gasteiger partial charge >= 0.3 is 0 Å². The Labute approximate surface area is 99.2 Å². The number of halogens is 1. The quantitative estimate of drug-likeness (QED) is 0.594. The minimum atomic E-state index is -0.626. The zero-order valence-electron chi connectivity index (χ0n) is 9.40. The Bertz CT molecular complexity index is 421. The highest BCUT2D eigenvalue weighted by Crippen LogP contribution is 2.17. The van der Waals surface area contributed by atoms with E-state index in [1.165, 1.54) is 29.2 Å². The number of hydrogen-bond acceptors (Lipinski definition) is 3. The number of carbonyl (C=O) groups is 1. The van der Waals surface area contributed by atoms with E-state index in [4.69, 9.17) is 10.8 Å². The molecule has 0 spiro atoms. The molecular weight excluding hydrogens is 223 g/mol. The predicted molar refractivity (Wildman–Crippen MR) is 64.0 cm³/mol. The van der Waals surface area contributed by atoms with Gasteiger partial charge in [-0.15, -0.1) is 6.58 Å². The second kappa shape index (κ2) is 6.00. The van der Waals surface area contributed by atoms with Crippen LogP contribution < -0.4 is 5.73 Å². The molecule has 0 aliphatic heterocycles. The molecule has 5 heteroatoms. The Morgan fingerprint density at radius 3 is 2.88 bits per heavy atom. The molecule has 17 heavy (non-hydrogen) atoms. The normalized spacial score (nSPS) is 10.0. The first-order chi connectivity index (χ1) is 8.11. The lowest BCUT2D eigenvalue weighted by Gasteiger charge is -2.20. The van der Waals surface area contributed by atoms with Gasteiger partial charge in [-0.25, -0.2) is 4.39 Å². The van der Waals surface area contributed by atoms with Gasteiger partial charge in [0.15, 0.2) is 0 Å². The maximum Gasteiger partial charge on any atom is 0.256 e. The molecule has 4 nitrogen and oxygen atoms in total. The molecule has 1 rings (SSSR count). The van der Waals surface area contributed by atoms with Crippen LogP contribution in [0.4, 0.5) is 10.1 Å². The molecule has 0 fully saturated rings. The fourth-order valence-corrected chi connectivity index (χ4v) is 1.45. The molecule has 0 bridgehead atoms. The second-order valence-electron chi connectivity index (χ2n) is 3.46. The summed E-state index contributed by atoms with van der Waals surface area (Å²) in [4.78, 5) is 13.4. The number of hydrogen-bond donors (Lipinski definition) is 2. The minimum absolute atomic E-state index is 0.0975. The van der Waals surface area contributed by atoms with Crippen LogP contribution in [0, 0.1) is 5.82 Å².